The average molecular weight is 509 g/mol. The molecule has 0 N–H and O–H groups in total. The quantitative estimate of drug-likeness (QED) is 0.140. The van der Waals surface area contributed by atoms with Gasteiger partial charge in [-0.3, -0.25) is 9.59 Å². The maximum atomic E-state index is 12.7. The summed E-state index contributed by atoms with van der Waals surface area (Å²) < 4.78 is 16.8. The molecule has 3 aromatic carbocycles. The molecular weight excluding hydrogens is 476 g/mol. The first kappa shape index (κ1) is 27.9. The maximum Gasteiger partial charge on any atom is 0.169 e. The van der Waals surface area contributed by atoms with Crippen molar-refractivity contribution in [2.45, 2.75) is 33.6 Å². The standard InChI is InChI=1S/C33H32O5/c1-9-27-20(5)15-25(17-28(27)22(7)34)32(24-13-14-30(36-10-2)31(19-24)37-11-3)26-16-21(6)33(38-12-4)29(18-26)23(8)35/h9-19,32H,1-4H2,5-8H3. The van der Waals surface area contributed by atoms with Gasteiger partial charge in [0.05, 0.1) is 24.3 Å². The lowest BCUT2D eigenvalue weighted by Crippen LogP contribution is -2.10. The van der Waals surface area contributed by atoms with Crippen LogP contribution in [0.5, 0.6) is 17.2 Å². The van der Waals surface area contributed by atoms with Crippen LogP contribution in [-0.4, -0.2) is 11.6 Å². The van der Waals surface area contributed by atoms with Crippen LogP contribution >= 0.6 is 0 Å². The summed E-state index contributed by atoms with van der Waals surface area (Å²) in [4.78, 5) is 25.3. The van der Waals surface area contributed by atoms with E-state index in [1.807, 2.05) is 50.2 Å². The predicted molar refractivity (Wildman–Crippen MR) is 152 cm³/mol. The Balaban J connectivity index is 2.41. The zero-order valence-corrected chi connectivity index (χ0v) is 22.3. The van der Waals surface area contributed by atoms with E-state index in [1.165, 1.54) is 32.6 Å². The molecule has 0 aromatic heterocycles. The molecule has 1 atom stereocenters. The van der Waals surface area contributed by atoms with Crippen LogP contribution in [0.3, 0.4) is 0 Å². The van der Waals surface area contributed by atoms with Crippen molar-refractivity contribution < 1.29 is 23.8 Å². The summed E-state index contributed by atoms with van der Waals surface area (Å²) in [6, 6.07) is 13.3. The van der Waals surface area contributed by atoms with Gasteiger partial charge in [0.1, 0.15) is 5.75 Å². The van der Waals surface area contributed by atoms with E-state index in [1.54, 1.807) is 12.1 Å². The summed E-state index contributed by atoms with van der Waals surface area (Å²) in [5.41, 5.74) is 6.05. The zero-order valence-electron chi connectivity index (χ0n) is 22.3. The molecule has 0 heterocycles. The Morgan fingerprint density at radius 2 is 1.24 bits per heavy atom. The topological polar surface area (TPSA) is 61.8 Å². The van der Waals surface area contributed by atoms with Gasteiger partial charge in [0, 0.05) is 11.5 Å². The van der Waals surface area contributed by atoms with E-state index in [0.717, 1.165) is 33.4 Å². The van der Waals surface area contributed by atoms with Crippen molar-refractivity contribution in [3.05, 3.63) is 132 Å². The second kappa shape index (κ2) is 12.1. The normalized spacial score (nSPS) is 11.2. The summed E-state index contributed by atoms with van der Waals surface area (Å²) in [6.45, 7) is 21.7. The van der Waals surface area contributed by atoms with E-state index < -0.39 is 0 Å². The van der Waals surface area contributed by atoms with Crippen molar-refractivity contribution in [3.8, 4) is 17.2 Å². The minimum Gasteiger partial charge on any atom is -0.465 e. The van der Waals surface area contributed by atoms with Crippen molar-refractivity contribution in [1.29, 1.82) is 0 Å². The van der Waals surface area contributed by atoms with Crippen LogP contribution in [0, 0.1) is 13.8 Å². The Morgan fingerprint density at radius 3 is 1.79 bits per heavy atom. The van der Waals surface area contributed by atoms with Gasteiger partial charge >= 0.3 is 0 Å². The predicted octanol–water partition coefficient (Wildman–Crippen LogP) is 8.10. The molecule has 0 aliphatic rings. The average Bonchev–Trinajstić information content (AvgIpc) is 2.87. The number of ketones is 2. The van der Waals surface area contributed by atoms with Crippen LogP contribution < -0.4 is 14.2 Å². The number of hydrogen-bond acceptors (Lipinski definition) is 5. The van der Waals surface area contributed by atoms with E-state index in [4.69, 9.17) is 14.2 Å². The van der Waals surface area contributed by atoms with E-state index in [-0.39, 0.29) is 17.5 Å². The third kappa shape index (κ3) is 5.68. The smallest absolute Gasteiger partial charge is 0.169 e. The lowest BCUT2D eigenvalue weighted by Gasteiger charge is -2.24. The summed E-state index contributed by atoms with van der Waals surface area (Å²) in [6.07, 6.45) is 5.64. The molecule has 194 valence electrons. The van der Waals surface area contributed by atoms with Crippen LogP contribution in [0.25, 0.3) is 6.08 Å². The Labute approximate surface area is 224 Å². The fraction of sp³-hybridized carbons (Fsp3) is 0.152. The molecule has 0 aliphatic carbocycles. The first-order valence-corrected chi connectivity index (χ1v) is 12.1. The number of hydrogen-bond donors (Lipinski definition) is 0. The van der Waals surface area contributed by atoms with Crippen molar-refractivity contribution in [2.75, 3.05) is 0 Å². The second-order valence-electron chi connectivity index (χ2n) is 8.82. The van der Waals surface area contributed by atoms with E-state index in [9.17, 15) is 9.59 Å². The molecule has 1 unspecified atom stereocenters. The van der Waals surface area contributed by atoms with Gasteiger partial charge in [-0.25, -0.2) is 0 Å². The van der Waals surface area contributed by atoms with Crippen molar-refractivity contribution in [2.24, 2.45) is 0 Å². The van der Waals surface area contributed by atoms with Crippen LogP contribution in [-0.2, 0) is 0 Å². The molecule has 0 spiro atoms. The number of carbonyl (C=O) groups is 2. The first-order valence-electron chi connectivity index (χ1n) is 12.1. The number of rotatable bonds is 12. The fourth-order valence-electron chi connectivity index (χ4n) is 4.68. The number of ether oxygens (including phenoxy) is 3. The molecule has 0 amide bonds. The highest BCUT2D eigenvalue weighted by Gasteiger charge is 2.25. The van der Waals surface area contributed by atoms with Crippen LogP contribution in [0.2, 0.25) is 0 Å². The van der Waals surface area contributed by atoms with E-state index in [2.05, 4.69) is 26.3 Å². The van der Waals surface area contributed by atoms with Crippen molar-refractivity contribution in [3.63, 3.8) is 0 Å². The Kier molecular flexibility index (Phi) is 8.87. The molecule has 38 heavy (non-hydrogen) atoms. The summed E-state index contributed by atoms with van der Waals surface area (Å²) in [5, 5.41) is 0. The van der Waals surface area contributed by atoms with Crippen LogP contribution in [0.4, 0.5) is 0 Å². The SMILES string of the molecule is C=COc1ccc(C(c2cc(C)c(C=C)c(C(C)=O)c2)c2cc(C)c(OC=C)c(C(C)=O)c2)cc1OC=C. The van der Waals surface area contributed by atoms with Crippen molar-refractivity contribution >= 4 is 17.6 Å². The van der Waals surface area contributed by atoms with Crippen LogP contribution in [0.15, 0.2) is 87.6 Å². The molecule has 0 saturated heterocycles. The minimum absolute atomic E-state index is 0.0654. The highest BCUT2D eigenvalue weighted by atomic mass is 16.5. The third-order valence-corrected chi connectivity index (χ3v) is 6.26. The molecule has 0 aliphatic heterocycles. The molecule has 5 heteroatoms. The molecule has 5 nitrogen and oxygen atoms in total. The van der Waals surface area contributed by atoms with E-state index >= 15 is 0 Å². The van der Waals surface area contributed by atoms with Gasteiger partial charge < -0.3 is 14.2 Å². The largest absolute Gasteiger partial charge is 0.465 e. The molecule has 0 radical (unpaired) electrons. The summed E-state index contributed by atoms with van der Waals surface area (Å²) in [7, 11) is 0. The second-order valence-corrected chi connectivity index (χ2v) is 8.82. The summed E-state index contributed by atoms with van der Waals surface area (Å²) >= 11 is 0. The van der Waals surface area contributed by atoms with Gasteiger partial charge in [0.2, 0.25) is 0 Å². The fourth-order valence-corrected chi connectivity index (χ4v) is 4.68. The maximum absolute atomic E-state index is 12.7. The lowest BCUT2D eigenvalue weighted by atomic mass is 9.81. The van der Waals surface area contributed by atoms with Gasteiger partial charge in [-0.05, 0) is 85.3 Å². The zero-order chi connectivity index (χ0) is 28.0. The van der Waals surface area contributed by atoms with Gasteiger partial charge in [-0.15, -0.1) is 0 Å². The number of aryl methyl sites for hydroxylation is 2. The van der Waals surface area contributed by atoms with Gasteiger partial charge in [0.15, 0.2) is 23.1 Å². The molecule has 0 bridgehead atoms. The van der Waals surface area contributed by atoms with E-state index in [0.29, 0.717) is 28.4 Å². The Bertz CT molecular complexity index is 1440. The number of Topliss-reactive ketones (excluding diaryl/α,β-unsaturated/α-hetero) is 2. The first-order chi connectivity index (χ1) is 18.2. The Morgan fingerprint density at radius 1 is 0.684 bits per heavy atom. The van der Waals surface area contributed by atoms with Gasteiger partial charge in [0.25, 0.3) is 0 Å². The summed E-state index contributed by atoms with van der Waals surface area (Å²) in [5.74, 6) is 0.806. The molecule has 0 saturated carbocycles. The lowest BCUT2D eigenvalue weighted by molar-refractivity contribution is 0.100. The molecular formula is C33H32O5. The number of carbonyl (C=O) groups excluding carboxylic acids is 2. The minimum atomic E-state index is -0.370. The third-order valence-electron chi connectivity index (χ3n) is 6.26. The van der Waals surface area contributed by atoms with Gasteiger partial charge in [-0.1, -0.05) is 50.6 Å². The van der Waals surface area contributed by atoms with Gasteiger partial charge in [-0.2, -0.15) is 0 Å². The number of benzene rings is 3. The molecule has 3 aromatic rings. The molecule has 0 fully saturated rings. The highest BCUT2D eigenvalue weighted by Crippen LogP contribution is 2.41. The highest BCUT2D eigenvalue weighted by molar-refractivity contribution is 5.99. The van der Waals surface area contributed by atoms with Crippen molar-refractivity contribution in [1.82, 2.24) is 0 Å². The van der Waals surface area contributed by atoms with Crippen LogP contribution in [0.1, 0.15) is 73.9 Å². The Hall–Kier alpha value is -4.64. The monoisotopic (exact) mass is 508 g/mol. The molecule has 3 rings (SSSR count).